The summed E-state index contributed by atoms with van der Waals surface area (Å²) in [6.45, 7) is 6.64. The average molecular weight is 510 g/mol. The number of piperazine rings is 1. The molecule has 1 saturated heterocycles. The van der Waals surface area contributed by atoms with E-state index in [1.54, 1.807) is 11.3 Å². The Kier molecular flexibility index (Phi) is 7.99. The number of hydrogen-bond donors (Lipinski definition) is 0. The molecule has 0 N–H and O–H groups in total. The molecule has 1 aromatic heterocycles. The fourth-order valence-corrected chi connectivity index (χ4v) is 4.41. The van der Waals surface area contributed by atoms with Gasteiger partial charge in [0, 0.05) is 42.1 Å². The van der Waals surface area contributed by atoms with Crippen molar-refractivity contribution in [3.8, 4) is 17.0 Å². The van der Waals surface area contributed by atoms with Crippen LogP contribution in [-0.2, 0) is 0 Å². The molecule has 0 atom stereocenters. The Labute approximate surface area is 196 Å². The number of aromatic nitrogens is 1. The van der Waals surface area contributed by atoms with Gasteiger partial charge in [-0.1, -0.05) is 23.7 Å². The van der Waals surface area contributed by atoms with Crippen LogP contribution in [0.2, 0.25) is 5.02 Å². The molecule has 0 amide bonds. The summed E-state index contributed by atoms with van der Waals surface area (Å²) < 4.78 is 7.80. The first-order valence-corrected chi connectivity index (χ1v) is 11.1. The van der Waals surface area contributed by atoms with Gasteiger partial charge in [0.15, 0.2) is 0 Å². The number of rotatable bonds is 5. The van der Waals surface area contributed by atoms with E-state index >= 15 is 0 Å². The zero-order valence-electron chi connectivity index (χ0n) is 17.1. The number of thiazole rings is 1. The van der Waals surface area contributed by atoms with Gasteiger partial charge in [0.1, 0.15) is 5.75 Å². The van der Waals surface area contributed by atoms with E-state index in [0.717, 1.165) is 58.7 Å². The monoisotopic (exact) mass is 508 g/mol. The molecule has 0 spiro atoms. The molecule has 0 saturated carbocycles. The largest absolute Gasteiger partial charge is 0.494 e. The summed E-state index contributed by atoms with van der Waals surface area (Å²) >= 11 is 7.76. The molecule has 0 aliphatic carbocycles. The lowest BCUT2D eigenvalue weighted by molar-refractivity contribution is 0.287. The van der Waals surface area contributed by atoms with E-state index in [4.69, 9.17) is 21.3 Å². The number of benzene rings is 2. The van der Waals surface area contributed by atoms with Gasteiger partial charge in [-0.15, -0.1) is 28.3 Å². The third-order valence-electron chi connectivity index (χ3n) is 4.96. The maximum absolute atomic E-state index is 6.10. The van der Waals surface area contributed by atoms with Crippen LogP contribution in [0, 0.1) is 0 Å². The van der Waals surface area contributed by atoms with E-state index in [1.807, 2.05) is 43.3 Å². The minimum absolute atomic E-state index is 0. The molecule has 3 aromatic rings. The maximum Gasteiger partial charge on any atom is 0.209 e. The standard InChI is InChI=1S/C22H25ClN4OS.BrH/c1-3-28-20-10-8-19(9-11-20)24-22-27(26-14-12-25(2)13-15-26)21(16-29-22)17-4-6-18(23)7-5-17;/h4-11,16H,3,12-15H2,1-2H3;1H. The average Bonchev–Trinajstić information content (AvgIpc) is 3.14. The first-order valence-electron chi connectivity index (χ1n) is 9.82. The van der Waals surface area contributed by atoms with Crippen LogP contribution in [-0.4, -0.2) is 49.4 Å². The van der Waals surface area contributed by atoms with Gasteiger partial charge >= 0.3 is 0 Å². The van der Waals surface area contributed by atoms with Gasteiger partial charge in [0.25, 0.3) is 0 Å². The Morgan fingerprint density at radius 1 is 1.00 bits per heavy atom. The second kappa shape index (κ2) is 10.5. The lowest BCUT2D eigenvalue weighted by Gasteiger charge is -2.35. The van der Waals surface area contributed by atoms with E-state index in [1.165, 1.54) is 0 Å². The summed E-state index contributed by atoms with van der Waals surface area (Å²) in [7, 11) is 2.17. The summed E-state index contributed by atoms with van der Waals surface area (Å²) in [6, 6.07) is 15.9. The van der Waals surface area contributed by atoms with Crippen LogP contribution in [0.4, 0.5) is 5.69 Å². The second-order valence-corrected chi connectivity index (χ2v) is 8.29. The highest BCUT2D eigenvalue weighted by atomic mass is 79.9. The highest BCUT2D eigenvalue weighted by molar-refractivity contribution is 8.93. The Balaban J connectivity index is 0.00000256. The van der Waals surface area contributed by atoms with Crippen molar-refractivity contribution in [2.24, 2.45) is 4.99 Å². The smallest absolute Gasteiger partial charge is 0.209 e. The van der Waals surface area contributed by atoms with Crippen LogP contribution in [0.5, 0.6) is 5.75 Å². The molecule has 0 bridgehead atoms. The number of halogens is 2. The Morgan fingerprint density at radius 2 is 1.67 bits per heavy atom. The van der Waals surface area contributed by atoms with Gasteiger partial charge in [-0.3, -0.25) is 0 Å². The van der Waals surface area contributed by atoms with Crippen molar-refractivity contribution in [3.63, 3.8) is 0 Å². The lowest BCUT2D eigenvalue weighted by atomic mass is 10.2. The molecule has 5 nitrogen and oxygen atoms in total. The predicted molar refractivity (Wildman–Crippen MR) is 131 cm³/mol. The topological polar surface area (TPSA) is 33.0 Å². The number of ether oxygens (including phenoxy) is 1. The summed E-state index contributed by atoms with van der Waals surface area (Å²) in [5, 5.41) is 5.30. The Hall–Kier alpha value is -1.80. The van der Waals surface area contributed by atoms with Crippen molar-refractivity contribution in [2.45, 2.75) is 6.92 Å². The van der Waals surface area contributed by atoms with Gasteiger partial charge in [-0.25, -0.2) is 9.67 Å². The molecule has 8 heteroatoms. The Bertz CT molecular complexity index is 1010. The molecule has 1 fully saturated rings. The SMILES string of the molecule is Br.CCOc1ccc(N=c2scc(-c3ccc(Cl)cc3)n2N2CCN(C)CC2)cc1. The zero-order valence-corrected chi connectivity index (χ0v) is 20.4. The van der Waals surface area contributed by atoms with Crippen molar-refractivity contribution in [3.05, 3.63) is 63.7 Å². The van der Waals surface area contributed by atoms with E-state index in [-0.39, 0.29) is 17.0 Å². The zero-order chi connectivity index (χ0) is 20.2. The highest BCUT2D eigenvalue weighted by Gasteiger charge is 2.19. The summed E-state index contributed by atoms with van der Waals surface area (Å²) in [5.41, 5.74) is 3.19. The number of hydrogen-bond acceptors (Lipinski definition) is 5. The molecule has 4 rings (SSSR count). The molecule has 1 aliphatic rings. The Morgan fingerprint density at radius 3 is 2.30 bits per heavy atom. The van der Waals surface area contributed by atoms with Gasteiger partial charge in [0.05, 0.1) is 18.0 Å². The van der Waals surface area contributed by atoms with Crippen molar-refractivity contribution >= 4 is 45.6 Å². The maximum atomic E-state index is 6.10. The molecule has 1 aliphatic heterocycles. The van der Waals surface area contributed by atoms with Crippen molar-refractivity contribution in [2.75, 3.05) is 44.8 Å². The van der Waals surface area contributed by atoms with Crippen LogP contribution in [0.25, 0.3) is 11.3 Å². The van der Waals surface area contributed by atoms with Crippen LogP contribution in [0.3, 0.4) is 0 Å². The van der Waals surface area contributed by atoms with Gasteiger partial charge in [-0.2, -0.15) is 0 Å². The normalized spacial score (nSPS) is 15.2. The first kappa shape index (κ1) is 22.9. The van der Waals surface area contributed by atoms with E-state index in [0.29, 0.717) is 6.61 Å². The third kappa shape index (κ3) is 5.27. The number of likely N-dealkylation sites (N-methyl/N-ethyl adjacent to an activating group) is 1. The molecule has 0 unspecified atom stereocenters. The second-order valence-electron chi connectivity index (χ2n) is 7.02. The van der Waals surface area contributed by atoms with Crippen molar-refractivity contribution in [1.29, 1.82) is 0 Å². The fraction of sp³-hybridized carbons (Fsp3) is 0.318. The molecular formula is C22H26BrClN4OS. The molecule has 30 heavy (non-hydrogen) atoms. The van der Waals surface area contributed by atoms with E-state index < -0.39 is 0 Å². The summed E-state index contributed by atoms with van der Waals surface area (Å²) in [4.78, 5) is 8.26. The van der Waals surface area contributed by atoms with Crippen LogP contribution >= 0.6 is 39.9 Å². The van der Waals surface area contributed by atoms with Gasteiger partial charge in [-0.05, 0) is 50.4 Å². The lowest BCUT2D eigenvalue weighted by Crippen LogP contribution is -2.52. The van der Waals surface area contributed by atoms with E-state index in [9.17, 15) is 0 Å². The van der Waals surface area contributed by atoms with E-state index in [2.05, 4.69) is 39.1 Å². The summed E-state index contributed by atoms with van der Waals surface area (Å²) in [5.74, 6) is 0.867. The van der Waals surface area contributed by atoms with Crippen LogP contribution in [0.15, 0.2) is 58.9 Å². The highest BCUT2D eigenvalue weighted by Crippen LogP contribution is 2.24. The van der Waals surface area contributed by atoms with Crippen LogP contribution < -0.4 is 14.5 Å². The molecule has 0 radical (unpaired) electrons. The molecule has 160 valence electrons. The minimum atomic E-state index is 0. The first-order chi connectivity index (χ1) is 14.1. The van der Waals surface area contributed by atoms with Crippen molar-refractivity contribution in [1.82, 2.24) is 9.58 Å². The molecule has 2 heterocycles. The van der Waals surface area contributed by atoms with Gasteiger partial charge < -0.3 is 14.6 Å². The number of nitrogens with zero attached hydrogens (tertiary/aromatic N) is 4. The van der Waals surface area contributed by atoms with Crippen LogP contribution in [0.1, 0.15) is 6.92 Å². The predicted octanol–water partition coefficient (Wildman–Crippen LogP) is 4.96. The summed E-state index contributed by atoms with van der Waals surface area (Å²) in [6.07, 6.45) is 0. The minimum Gasteiger partial charge on any atom is -0.494 e. The third-order valence-corrected chi connectivity index (χ3v) is 6.03. The van der Waals surface area contributed by atoms with Crippen molar-refractivity contribution < 1.29 is 4.74 Å². The fourth-order valence-electron chi connectivity index (χ4n) is 3.36. The quantitative estimate of drug-likeness (QED) is 0.487. The molecular weight excluding hydrogens is 484 g/mol. The van der Waals surface area contributed by atoms with Gasteiger partial charge in [0.2, 0.25) is 4.80 Å². The molecule has 2 aromatic carbocycles.